The summed E-state index contributed by atoms with van der Waals surface area (Å²) in [6.07, 6.45) is 0. The Bertz CT molecular complexity index is 342. The van der Waals surface area contributed by atoms with E-state index in [9.17, 15) is 0 Å². The lowest BCUT2D eigenvalue weighted by Gasteiger charge is -2.06. The van der Waals surface area contributed by atoms with Gasteiger partial charge in [-0.1, -0.05) is 0 Å². The molecule has 0 unspecified atom stereocenters. The zero-order valence-corrected chi connectivity index (χ0v) is 12.2. The van der Waals surface area contributed by atoms with E-state index in [-0.39, 0.29) is 0 Å². The number of nitrogens with one attached hydrogen (secondary N) is 1. The number of ether oxygens (including phenoxy) is 2. The first kappa shape index (κ1) is 14.6. The van der Waals surface area contributed by atoms with Crippen LogP contribution >= 0.6 is 15.9 Å². The second kappa shape index (κ2) is 7.81. The fourth-order valence-corrected chi connectivity index (χ4v) is 1.94. The van der Waals surface area contributed by atoms with E-state index in [4.69, 9.17) is 9.47 Å². The first-order valence-corrected chi connectivity index (χ1v) is 6.41. The normalized spacial score (nSPS) is 11.1. The molecule has 1 heterocycles. The van der Waals surface area contributed by atoms with Crippen LogP contribution in [0.15, 0.2) is 4.47 Å². The Morgan fingerprint density at radius 1 is 1.35 bits per heavy atom. The molecule has 0 atom stereocenters. The van der Waals surface area contributed by atoms with Crippen molar-refractivity contribution < 1.29 is 9.47 Å². The van der Waals surface area contributed by atoms with E-state index in [0.29, 0.717) is 19.8 Å². The molecule has 1 N–H and O–H groups in total. The van der Waals surface area contributed by atoms with Crippen LogP contribution in [0.4, 0.5) is 0 Å². The predicted molar refractivity (Wildman–Crippen MR) is 70.0 cm³/mol. The van der Waals surface area contributed by atoms with Gasteiger partial charge < -0.3 is 14.8 Å². The zero-order valence-electron chi connectivity index (χ0n) is 10.6. The van der Waals surface area contributed by atoms with Crippen LogP contribution in [-0.2, 0) is 23.1 Å². The summed E-state index contributed by atoms with van der Waals surface area (Å²) in [7, 11) is 3.62. The number of rotatable bonds is 8. The topological polar surface area (TPSA) is 48.3 Å². The third-order valence-corrected chi connectivity index (χ3v) is 3.44. The highest BCUT2D eigenvalue weighted by Crippen LogP contribution is 2.19. The van der Waals surface area contributed by atoms with Gasteiger partial charge in [-0.25, -0.2) is 0 Å². The molecular weight excluding hydrogens is 286 g/mol. The number of methoxy groups -OCH3 is 1. The van der Waals surface area contributed by atoms with E-state index in [1.54, 1.807) is 7.11 Å². The van der Waals surface area contributed by atoms with Gasteiger partial charge >= 0.3 is 0 Å². The van der Waals surface area contributed by atoms with Crippen LogP contribution in [0.5, 0.6) is 0 Å². The molecule has 0 aliphatic heterocycles. The van der Waals surface area contributed by atoms with Gasteiger partial charge in [-0.05, 0) is 22.9 Å². The molecule has 0 saturated carbocycles. The highest BCUT2D eigenvalue weighted by Gasteiger charge is 2.09. The molecule has 17 heavy (non-hydrogen) atoms. The number of hydrogen-bond acceptors (Lipinski definition) is 4. The van der Waals surface area contributed by atoms with E-state index in [1.165, 1.54) is 0 Å². The fraction of sp³-hybridized carbons (Fsp3) is 0.727. The molecule has 0 radical (unpaired) electrons. The van der Waals surface area contributed by atoms with Crippen molar-refractivity contribution in [2.24, 2.45) is 7.05 Å². The largest absolute Gasteiger partial charge is 0.382 e. The van der Waals surface area contributed by atoms with Gasteiger partial charge in [0.25, 0.3) is 0 Å². The lowest BCUT2D eigenvalue weighted by molar-refractivity contribution is 0.0718. The van der Waals surface area contributed by atoms with E-state index in [1.807, 2.05) is 18.7 Å². The Hall–Kier alpha value is -0.430. The summed E-state index contributed by atoms with van der Waals surface area (Å²) in [4.78, 5) is 0. The molecule has 98 valence electrons. The average Bonchev–Trinajstić information content (AvgIpc) is 2.54. The second-order valence-electron chi connectivity index (χ2n) is 3.75. The molecule has 1 rings (SSSR count). The Labute approximate surface area is 111 Å². The van der Waals surface area contributed by atoms with Gasteiger partial charge in [0, 0.05) is 27.2 Å². The first-order chi connectivity index (χ1) is 8.16. The lowest BCUT2D eigenvalue weighted by Crippen LogP contribution is -2.21. The second-order valence-corrected chi connectivity index (χ2v) is 4.54. The van der Waals surface area contributed by atoms with Gasteiger partial charge in [0.2, 0.25) is 0 Å². The van der Waals surface area contributed by atoms with Crippen molar-refractivity contribution in [2.75, 3.05) is 33.5 Å². The lowest BCUT2D eigenvalue weighted by atomic mass is 10.3. The van der Waals surface area contributed by atoms with Crippen molar-refractivity contribution in [2.45, 2.75) is 13.5 Å². The smallest absolute Gasteiger partial charge is 0.0739 e. The Kier molecular flexibility index (Phi) is 6.72. The van der Waals surface area contributed by atoms with Gasteiger partial charge in [-0.15, -0.1) is 0 Å². The van der Waals surface area contributed by atoms with Crippen molar-refractivity contribution in [3.63, 3.8) is 0 Å². The first-order valence-electron chi connectivity index (χ1n) is 5.62. The summed E-state index contributed by atoms with van der Waals surface area (Å²) in [6.45, 7) is 5.57. The number of aromatic nitrogens is 2. The number of hydrogen-bond donors (Lipinski definition) is 1. The van der Waals surface area contributed by atoms with Crippen molar-refractivity contribution in [3.8, 4) is 0 Å². The van der Waals surface area contributed by atoms with Crippen LogP contribution in [0, 0.1) is 6.92 Å². The molecule has 0 aliphatic carbocycles. The van der Waals surface area contributed by atoms with E-state index >= 15 is 0 Å². The average molecular weight is 306 g/mol. The van der Waals surface area contributed by atoms with Gasteiger partial charge in [0.15, 0.2) is 0 Å². The third-order valence-electron chi connectivity index (χ3n) is 2.41. The predicted octanol–water partition coefficient (Wildman–Crippen LogP) is 1.24. The van der Waals surface area contributed by atoms with Crippen LogP contribution in [0.3, 0.4) is 0 Å². The highest BCUT2D eigenvalue weighted by atomic mass is 79.9. The third kappa shape index (κ3) is 4.75. The molecule has 0 saturated heterocycles. The molecule has 5 nitrogen and oxygen atoms in total. The quantitative estimate of drug-likeness (QED) is 0.734. The Morgan fingerprint density at radius 2 is 2.12 bits per heavy atom. The summed E-state index contributed by atoms with van der Waals surface area (Å²) in [6, 6.07) is 0. The Morgan fingerprint density at radius 3 is 2.71 bits per heavy atom. The maximum atomic E-state index is 5.36. The van der Waals surface area contributed by atoms with E-state index in [0.717, 1.165) is 29.0 Å². The summed E-state index contributed by atoms with van der Waals surface area (Å²) in [5.74, 6) is 0. The molecule has 0 spiro atoms. The van der Waals surface area contributed by atoms with E-state index in [2.05, 4.69) is 26.3 Å². The van der Waals surface area contributed by atoms with Crippen molar-refractivity contribution >= 4 is 15.9 Å². The summed E-state index contributed by atoms with van der Waals surface area (Å²) >= 11 is 3.53. The molecule has 1 aromatic rings. The standard InChI is InChI=1S/C11H20BrN3O2/c1-9-11(12)10(15(2)14-9)8-13-4-5-17-7-6-16-3/h13H,4-8H2,1-3H3. The maximum absolute atomic E-state index is 5.36. The van der Waals surface area contributed by atoms with Crippen molar-refractivity contribution in [3.05, 3.63) is 15.9 Å². The van der Waals surface area contributed by atoms with Crippen LogP contribution in [-0.4, -0.2) is 43.3 Å². The molecule has 0 amide bonds. The zero-order chi connectivity index (χ0) is 12.7. The van der Waals surface area contributed by atoms with Gasteiger partial charge in [0.1, 0.15) is 0 Å². The van der Waals surface area contributed by atoms with Crippen molar-refractivity contribution in [1.29, 1.82) is 0 Å². The maximum Gasteiger partial charge on any atom is 0.0739 e. The highest BCUT2D eigenvalue weighted by molar-refractivity contribution is 9.10. The molecule has 0 aliphatic rings. The minimum Gasteiger partial charge on any atom is -0.382 e. The van der Waals surface area contributed by atoms with Crippen LogP contribution in [0.1, 0.15) is 11.4 Å². The van der Waals surface area contributed by atoms with Gasteiger partial charge in [0.05, 0.1) is 35.7 Å². The molecule has 0 aromatic carbocycles. The number of nitrogens with zero attached hydrogens (tertiary/aromatic N) is 2. The molecular formula is C11H20BrN3O2. The van der Waals surface area contributed by atoms with Crippen LogP contribution < -0.4 is 5.32 Å². The SMILES string of the molecule is COCCOCCNCc1c(Br)c(C)nn1C. The van der Waals surface area contributed by atoms with Crippen molar-refractivity contribution in [1.82, 2.24) is 15.1 Å². The molecule has 0 bridgehead atoms. The minimum absolute atomic E-state index is 0.645. The van der Waals surface area contributed by atoms with E-state index < -0.39 is 0 Å². The minimum atomic E-state index is 0.645. The molecule has 1 aromatic heterocycles. The monoisotopic (exact) mass is 305 g/mol. The molecule has 6 heteroatoms. The summed E-state index contributed by atoms with van der Waals surface area (Å²) in [5, 5.41) is 7.65. The summed E-state index contributed by atoms with van der Waals surface area (Å²) in [5.41, 5.74) is 2.17. The van der Waals surface area contributed by atoms with Crippen LogP contribution in [0.25, 0.3) is 0 Å². The number of aryl methyl sites for hydroxylation is 2. The van der Waals surface area contributed by atoms with Crippen LogP contribution in [0.2, 0.25) is 0 Å². The summed E-state index contributed by atoms with van der Waals surface area (Å²) < 4.78 is 13.2. The molecule has 0 fully saturated rings. The van der Waals surface area contributed by atoms with Gasteiger partial charge in [-0.3, -0.25) is 4.68 Å². The van der Waals surface area contributed by atoms with Gasteiger partial charge in [-0.2, -0.15) is 5.10 Å². The Balaban J connectivity index is 2.18. The fourth-order valence-electron chi connectivity index (χ4n) is 1.47. The number of halogens is 1.